The van der Waals surface area contributed by atoms with Crippen LogP contribution < -0.4 is 5.73 Å². The van der Waals surface area contributed by atoms with Gasteiger partial charge in [-0.3, -0.25) is 14.6 Å². The van der Waals surface area contributed by atoms with Crippen LogP contribution in [-0.4, -0.2) is 31.5 Å². The summed E-state index contributed by atoms with van der Waals surface area (Å²) in [6.45, 7) is 2.11. The maximum Gasteiger partial charge on any atom is 0.296 e. The summed E-state index contributed by atoms with van der Waals surface area (Å²) in [4.78, 5) is 39.9. The smallest absolute Gasteiger partial charge is 0.296 e. The molecular weight excluding hydrogens is 350 g/mol. The van der Waals surface area contributed by atoms with Gasteiger partial charge in [0, 0.05) is 23.5 Å². The van der Waals surface area contributed by atoms with Crippen LogP contribution in [-0.2, 0) is 11.3 Å². The van der Waals surface area contributed by atoms with Crippen molar-refractivity contribution in [3.63, 3.8) is 0 Å². The number of amides is 1. The number of nitrogens with zero attached hydrogens (tertiary/aromatic N) is 4. The fourth-order valence-electron chi connectivity index (χ4n) is 3.12. The van der Waals surface area contributed by atoms with Gasteiger partial charge in [-0.25, -0.2) is 9.97 Å². The standard InChI is InChI=1S/C18H15N5O2S/c1-10-14-12(9-23(10)17(25)16(24)13-3-2-8-26-13)15(22-18(19)21-14)11-4-6-20-7-5-11/h2-8,10H,9H2,1H3,(H2,19,21,22)/t10-/m0/s1. The number of nitrogen functional groups attached to an aromatic ring is 1. The average Bonchev–Trinajstić information content (AvgIpc) is 3.30. The summed E-state index contributed by atoms with van der Waals surface area (Å²) in [5.74, 6) is -0.912. The van der Waals surface area contributed by atoms with Crippen molar-refractivity contribution in [3.8, 4) is 11.3 Å². The third-order valence-corrected chi connectivity index (χ3v) is 5.27. The van der Waals surface area contributed by atoms with Gasteiger partial charge >= 0.3 is 0 Å². The molecule has 0 spiro atoms. The number of aromatic nitrogens is 3. The number of ketones is 1. The van der Waals surface area contributed by atoms with Crippen molar-refractivity contribution in [2.45, 2.75) is 19.5 Å². The Labute approximate surface area is 153 Å². The van der Waals surface area contributed by atoms with Crippen LogP contribution in [0, 0.1) is 0 Å². The van der Waals surface area contributed by atoms with E-state index in [-0.39, 0.29) is 18.5 Å². The third kappa shape index (κ3) is 2.64. The number of pyridine rings is 1. The molecule has 0 radical (unpaired) electrons. The van der Waals surface area contributed by atoms with E-state index < -0.39 is 11.7 Å². The van der Waals surface area contributed by atoms with Crippen LogP contribution >= 0.6 is 11.3 Å². The first-order valence-electron chi connectivity index (χ1n) is 8.01. The van der Waals surface area contributed by atoms with E-state index in [1.807, 2.05) is 19.1 Å². The molecular formula is C18H15N5O2S. The van der Waals surface area contributed by atoms with Gasteiger partial charge in [0.15, 0.2) is 0 Å². The molecule has 7 nitrogen and oxygen atoms in total. The molecule has 4 heterocycles. The van der Waals surface area contributed by atoms with Gasteiger partial charge in [-0.15, -0.1) is 11.3 Å². The van der Waals surface area contributed by atoms with E-state index in [2.05, 4.69) is 15.0 Å². The Balaban J connectivity index is 1.72. The second-order valence-electron chi connectivity index (χ2n) is 5.95. The van der Waals surface area contributed by atoms with Crippen LogP contribution in [0.5, 0.6) is 0 Å². The highest BCUT2D eigenvalue weighted by molar-refractivity contribution is 7.13. The Morgan fingerprint density at radius 2 is 2.00 bits per heavy atom. The summed E-state index contributed by atoms with van der Waals surface area (Å²) in [5.41, 5.74) is 8.88. The molecule has 0 aromatic carbocycles. The molecule has 1 aliphatic heterocycles. The first-order valence-corrected chi connectivity index (χ1v) is 8.89. The summed E-state index contributed by atoms with van der Waals surface area (Å²) >= 11 is 1.25. The molecule has 0 aliphatic carbocycles. The number of fused-ring (bicyclic) bond motifs is 1. The lowest BCUT2D eigenvalue weighted by molar-refractivity contribution is -0.128. The summed E-state index contributed by atoms with van der Waals surface area (Å²) in [5, 5.41) is 1.77. The zero-order chi connectivity index (χ0) is 18.3. The fourth-order valence-corrected chi connectivity index (χ4v) is 3.77. The minimum Gasteiger partial charge on any atom is -0.368 e. The second-order valence-corrected chi connectivity index (χ2v) is 6.89. The Bertz CT molecular complexity index is 988. The monoisotopic (exact) mass is 365 g/mol. The summed E-state index contributed by atoms with van der Waals surface area (Å²) < 4.78 is 0. The van der Waals surface area contributed by atoms with Crippen molar-refractivity contribution >= 4 is 29.0 Å². The molecule has 0 fully saturated rings. The molecule has 1 aliphatic rings. The third-order valence-electron chi connectivity index (χ3n) is 4.40. The van der Waals surface area contributed by atoms with Crippen molar-refractivity contribution in [1.82, 2.24) is 19.9 Å². The Morgan fingerprint density at radius 1 is 1.23 bits per heavy atom. The van der Waals surface area contributed by atoms with Gasteiger partial charge in [0.05, 0.1) is 28.9 Å². The number of carbonyl (C=O) groups excluding carboxylic acids is 2. The minimum absolute atomic E-state index is 0.140. The van der Waals surface area contributed by atoms with E-state index in [9.17, 15) is 9.59 Å². The Hall–Kier alpha value is -3.13. The lowest BCUT2D eigenvalue weighted by Gasteiger charge is -2.20. The van der Waals surface area contributed by atoms with Gasteiger partial charge in [0.1, 0.15) is 0 Å². The van der Waals surface area contributed by atoms with E-state index in [1.165, 1.54) is 16.2 Å². The summed E-state index contributed by atoms with van der Waals surface area (Å²) in [6, 6.07) is 6.70. The highest BCUT2D eigenvalue weighted by Gasteiger charge is 2.37. The van der Waals surface area contributed by atoms with Crippen LogP contribution in [0.2, 0.25) is 0 Å². The molecule has 26 heavy (non-hydrogen) atoms. The van der Waals surface area contributed by atoms with E-state index in [0.29, 0.717) is 16.3 Å². The molecule has 0 saturated carbocycles. The topological polar surface area (TPSA) is 102 Å². The predicted molar refractivity (Wildman–Crippen MR) is 97.3 cm³/mol. The maximum absolute atomic E-state index is 12.7. The van der Waals surface area contributed by atoms with E-state index in [0.717, 1.165) is 11.1 Å². The number of hydrogen-bond donors (Lipinski definition) is 1. The van der Waals surface area contributed by atoms with Gasteiger partial charge in [-0.05, 0) is 30.5 Å². The van der Waals surface area contributed by atoms with Crippen molar-refractivity contribution in [1.29, 1.82) is 0 Å². The van der Waals surface area contributed by atoms with Gasteiger partial charge in [0.25, 0.3) is 11.7 Å². The van der Waals surface area contributed by atoms with Gasteiger partial charge < -0.3 is 10.6 Å². The van der Waals surface area contributed by atoms with Crippen LogP contribution in [0.4, 0.5) is 5.95 Å². The molecule has 3 aromatic rings. The molecule has 0 saturated heterocycles. The summed E-state index contributed by atoms with van der Waals surface area (Å²) in [6.07, 6.45) is 3.34. The highest BCUT2D eigenvalue weighted by Crippen LogP contribution is 2.37. The van der Waals surface area contributed by atoms with Gasteiger partial charge in [-0.1, -0.05) is 6.07 Å². The number of carbonyl (C=O) groups is 2. The molecule has 4 rings (SSSR count). The number of rotatable bonds is 3. The predicted octanol–water partition coefficient (Wildman–Crippen LogP) is 2.47. The number of Topliss-reactive ketones (excluding diaryl/α,β-unsaturated/α-hetero) is 1. The first-order chi connectivity index (χ1) is 12.6. The number of thiophene rings is 1. The highest BCUT2D eigenvalue weighted by atomic mass is 32.1. The minimum atomic E-state index is -0.544. The Kier molecular flexibility index (Phi) is 3.96. The summed E-state index contributed by atoms with van der Waals surface area (Å²) in [7, 11) is 0. The zero-order valence-corrected chi connectivity index (χ0v) is 14.7. The molecule has 0 unspecified atom stereocenters. The van der Waals surface area contributed by atoms with Crippen molar-refractivity contribution < 1.29 is 9.59 Å². The Morgan fingerprint density at radius 3 is 2.69 bits per heavy atom. The SMILES string of the molecule is C[C@H]1c2nc(N)nc(-c3ccncc3)c2CN1C(=O)C(=O)c1cccs1. The number of hydrogen-bond acceptors (Lipinski definition) is 7. The maximum atomic E-state index is 12.7. The van der Waals surface area contributed by atoms with Gasteiger partial charge in [0.2, 0.25) is 5.95 Å². The molecule has 2 N–H and O–H groups in total. The van der Waals surface area contributed by atoms with E-state index >= 15 is 0 Å². The normalized spacial score (nSPS) is 15.7. The van der Waals surface area contributed by atoms with Crippen LogP contribution in [0.1, 0.15) is 33.9 Å². The molecule has 8 heteroatoms. The average molecular weight is 365 g/mol. The quantitative estimate of drug-likeness (QED) is 0.565. The first kappa shape index (κ1) is 16.3. The van der Waals surface area contributed by atoms with E-state index in [4.69, 9.17) is 5.73 Å². The van der Waals surface area contributed by atoms with E-state index in [1.54, 1.807) is 29.9 Å². The van der Waals surface area contributed by atoms with Gasteiger partial charge in [-0.2, -0.15) is 0 Å². The molecule has 1 amide bonds. The van der Waals surface area contributed by atoms with Crippen molar-refractivity contribution in [2.75, 3.05) is 5.73 Å². The lowest BCUT2D eigenvalue weighted by atomic mass is 10.1. The van der Waals surface area contributed by atoms with Crippen LogP contribution in [0.15, 0.2) is 42.0 Å². The molecule has 3 aromatic heterocycles. The fraction of sp³-hybridized carbons (Fsp3) is 0.167. The number of anilines is 1. The van der Waals surface area contributed by atoms with Crippen molar-refractivity contribution in [2.24, 2.45) is 0 Å². The molecule has 130 valence electrons. The van der Waals surface area contributed by atoms with Crippen molar-refractivity contribution in [3.05, 3.63) is 58.2 Å². The largest absolute Gasteiger partial charge is 0.368 e. The second kappa shape index (κ2) is 6.30. The molecule has 0 bridgehead atoms. The lowest BCUT2D eigenvalue weighted by Crippen LogP contribution is -2.34. The molecule has 1 atom stereocenters. The zero-order valence-electron chi connectivity index (χ0n) is 13.9. The van der Waals surface area contributed by atoms with Crippen LogP contribution in [0.25, 0.3) is 11.3 Å². The van der Waals surface area contributed by atoms with Crippen LogP contribution in [0.3, 0.4) is 0 Å². The number of nitrogens with two attached hydrogens (primary N) is 1.